The quantitative estimate of drug-likeness (QED) is 0.731. The predicted octanol–water partition coefficient (Wildman–Crippen LogP) is 4.91. The minimum absolute atomic E-state index is 0.0353. The number of methoxy groups -OCH3 is 1. The number of rotatable bonds is 3. The fourth-order valence-corrected chi connectivity index (χ4v) is 1.88. The molecule has 0 bridgehead atoms. The van der Waals surface area contributed by atoms with Gasteiger partial charge in [0, 0.05) is 5.56 Å². The Bertz CT molecular complexity index is 657. The Labute approximate surface area is 119 Å². The highest BCUT2D eigenvalue weighted by molar-refractivity contribution is 5.78. The predicted molar refractivity (Wildman–Crippen MR) is 72.5 cm³/mol. The van der Waals surface area contributed by atoms with Gasteiger partial charge >= 0.3 is 6.18 Å². The molecule has 0 aliphatic rings. The molecule has 110 valence electrons. The first kappa shape index (κ1) is 15.1. The van der Waals surface area contributed by atoms with E-state index in [1.54, 1.807) is 24.3 Å². The van der Waals surface area contributed by atoms with Gasteiger partial charge in [0.05, 0.1) is 12.7 Å². The monoisotopic (exact) mass is 296 g/mol. The van der Waals surface area contributed by atoms with Crippen LogP contribution in [0.15, 0.2) is 49.0 Å². The molecule has 0 N–H and O–H groups in total. The summed E-state index contributed by atoms with van der Waals surface area (Å²) in [6.07, 6.45) is -4.57. The third-order valence-electron chi connectivity index (χ3n) is 3.06. The highest BCUT2D eigenvalue weighted by Crippen LogP contribution is 2.32. The molecule has 2 rings (SSSR count). The van der Waals surface area contributed by atoms with Crippen molar-refractivity contribution in [2.45, 2.75) is 6.18 Å². The smallest absolute Gasteiger partial charge is 0.416 e. The van der Waals surface area contributed by atoms with Gasteiger partial charge < -0.3 is 4.74 Å². The molecule has 0 spiro atoms. The normalized spacial score (nSPS) is 11.3. The summed E-state index contributed by atoms with van der Waals surface area (Å²) in [5.74, 6) is -0.329. The zero-order valence-electron chi connectivity index (χ0n) is 11.2. The second-order valence-corrected chi connectivity index (χ2v) is 4.40. The Morgan fingerprint density at radius 3 is 2.14 bits per heavy atom. The van der Waals surface area contributed by atoms with Gasteiger partial charge in [-0.3, -0.25) is 0 Å². The molecule has 2 aromatic carbocycles. The third-order valence-corrected chi connectivity index (χ3v) is 3.06. The van der Waals surface area contributed by atoms with Crippen molar-refractivity contribution in [2.24, 2.45) is 0 Å². The molecule has 0 fully saturated rings. The maximum Gasteiger partial charge on any atom is 0.416 e. The van der Waals surface area contributed by atoms with Crippen molar-refractivity contribution in [1.82, 2.24) is 0 Å². The summed E-state index contributed by atoms with van der Waals surface area (Å²) in [4.78, 5) is 0. The van der Waals surface area contributed by atoms with Crippen LogP contribution in [0.1, 0.15) is 16.7 Å². The maximum atomic E-state index is 13.9. The third kappa shape index (κ3) is 3.24. The molecule has 0 unspecified atom stereocenters. The number of ether oxygens (including phenoxy) is 1. The lowest BCUT2D eigenvalue weighted by atomic mass is 9.98. The summed E-state index contributed by atoms with van der Waals surface area (Å²) in [7, 11) is 1.51. The van der Waals surface area contributed by atoms with E-state index in [-0.39, 0.29) is 5.56 Å². The number of hydrogen-bond acceptors (Lipinski definition) is 1. The topological polar surface area (TPSA) is 9.23 Å². The highest BCUT2D eigenvalue weighted by atomic mass is 19.4. The van der Waals surface area contributed by atoms with Gasteiger partial charge in [-0.1, -0.05) is 24.8 Å². The molecule has 0 heterocycles. The second kappa shape index (κ2) is 5.60. The number of benzene rings is 2. The Morgan fingerprint density at radius 1 is 1.05 bits per heavy atom. The lowest BCUT2D eigenvalue weighted by Gasteiger charge is -2.11. The highest BCUT2D eigenvalue weighted by Gasteiger charge is 2.31. The average molecular weight is 296 g/mol. The Kier molecular flexibility index (Phi) is 4.02. The molecule has 1 nitrogen and oxygen atoms in total. The van der Waals surface area contributed by atoms with Crippen LogP contribution in [-0.2, 0) is 6.18 Å². The molecule has 0 aliphatic heterocycles. The van der Waals surface area contributed by atoms with Crippen LogP contribution in [0.3, 0.4) is 0 Å². The summed E-state index contributed by atoms with van der Waals surface area (Å²) >= 11 is 0. The van der Waals surface area contributed by atoms with E-state index in [1.807, 2.05) is 0 Å². The van der Waals surface area contributed by atoms with E-state index in [0.717, 1.165) is 12.1 Å². The standard InChI is InChI=1S/C16H12F4O/c1-10(11-3-6-13(21-2)7-4-11)14-8-5-12(9-15(14)17)16(18,19)20/h3-9H,1H2,2H3. The van der Waals surface area contributed by atoms with Gasteiger partial charge in [-0.05, 0) is 35.4 Å². The Hall–Kier alpha value is -2.30. The van der Waals surface area contributed by atoms with E-state index in [2.05, 4.69) is 6.58 Å². The Balaban J connectivity index is 2.35. The van der Waals surface area contributed by atoms with E-state index in [0.29, 0.717) is 23.0 Å². The zero-order chi connectivity index (χ0) is 15.6. The van der Waals surface area contributed by atoms with Crippen LogP contribution in [0, 0.1) is 5.82 Å². The number of alkyl halides is 3. The van der Waals surface area contributed by atoms with Crippen molar-refractivity contribution in [1.29, 1.82) is 0 Å². The van der Waals surface area contributed by atoms with Gasteiger partial charge in [0.1, 0.15) is 11.6 Å². The van der Waals surface area contributed by atoms with E-state index in [1.165, 1.54) is 7.11 Å². The van der Waals surface area contributed by atoms with Gasteiger partial charge in [0.15, 0.2) is 0 Å². The average Bonchev–Trinajstić information content (AvgIpc) is 2.45. The first-order valence-corrected chi connectivity index (χ1v) is 6.03. The molecule has 0 amide bonds. The summed E-state index contributed by atoms with van der Waals surface area (Å²) in [6, 6.07) is 9.07. The summed E-state index contributed by atoms with van der Waals surface area (Å²) in [6.45, 7) is 3.74. The summed E-state index contributed by atoms with van der Waals surface area (Å²) in [5.41, 5.74) is -0.0715. The van der Waals surface area contributed by atoms with Gasteiger partial charge in [0.25, 0.3) is 0 Å². The molecule has 0 aliphatic carbocycles. The largest absolute Gasteiger partial charge is 0.497 e. The first-order valence-electron chi connectivity index (χ1n) is 6.03. The van der Waals surface area contributed by atoms with Crippen molar-refractivity contribution in [3.8, 4) is 5.75 Å². The minimum atomic E-state index is -4.57. The maximum absolute atomic E-state index is 13.9. The van der Waals surface area contributed by atoms with Crippen molar-refractivity contribution >= 4 is 5.57 Å². The van der Waals surface area contributed by atoms with Crippen LogP contribution in [0.5, 0.6) is 5.75 Å². The van der Waals surface area contributed by atoms with Crippen LogP contribution in [0.25, 0.3) is 5.57 Å². The minimum Gasteiger partial charge on any atom is -0.497 e. The Morgan fingerprint density at radius 2 is 1.67 bits per heavy atom. The SMILES string of the molecule is C=C(c1ccc(OC)cc1)c1ccc(C(F)(F)F)cc1F. The van der Waals surface area contributed by atoms with Crippen molar-refractivity contribution in [2.75, 3.05) is 7.11 Å². The van der Waals surface area contributed by atoms with Crippen LogP contribution in [-0.4, -0.2) is 7.11 Å². The molecule has 2 aromatic rings. The second-order valence-electron chi connectivity index (χ2n) is 4.40. The summed E-state index contributed by atoms with van der Waals surface area (Å²) < 4.78 is 56.4. The van der Waals surface area contributed by atoms with E-state index >= 15 is 0 Å². The van der Waals surface area contributed by atoms with E-state index in [4.69, 9.17) is 4.74 Å². The molecule has 0 saturated heterocycles. The number of hydrogen-bond donors (Lipinski definition) is 0. The fraction of sp³-hybridized carbons (Fsp3) is 0.125. The van der Waals surface area contributed by atoms with Gasteiger partial charge in [0.2, 0.25) is 0 Å². The van der Waals surface area contributed by atoms with Crippen molar-refractivity contribution in [3.63, 3.8) is 0 Å². The lowest BCUT2D eigenvalue weighted by Crippen LogP contribution is -2.06. The van der Waals surface area contributed by atoms with Gasteiger partial charge in [-0.2, -0.15) is 13.2 Å². The van der Waals surface area contributed by atoms with Gasteiger partial charge in [-0.25, -0.2) is 4.39 Å². The van der Waals surface area contributed by atoms with E-state index in [9.17, 15) is 17.6 Å². The first-order chi connectivity index (χ1) is 9.82. The summed E-state index contributed by atoms with van der Waals surface area (Å²) in [5, 5.41) is 0. The van der Waals surface area contributed by atoms with E-state index < -0.39 is 17.6 Å². The molecule has 21 heavy (non-hydrogen) atoms. The van der Waals surface area contributed by atoms with Gasteiger partial charge in [-0.15, -0.1) is 0 Å². The lowest BCUT2D eigenvalue weighted by molar-refractivity contribution is -0.137. The van der Waals surface area contributed by atoms with Crippen LogP contribution in [0.2, 0.25) is 0 Å². The molecule has 0 saturated carbocycles. The molecule has 0 radical (unpaired) electrons. The molecule has 0 aromatic heterocycles. The van der Waals surface area contributed by atoms with Crippen molar-refractivity contribution < 1.29 is 22.3 Å². The molecular weight excluding hydrogens is 284 g/mol. The fourth-order valence-electron chi connectivity index (χ4n) is 1.88. The zero-order valence-corrected chi connectivity index (χ0v) is 11.2. The molecular formula is C16H12F4O. The van der Waals surface area contributed by atoms with Crippen LogP contribution < -0.4 is 4.74 Å². The van der Waals surface area contributed by atoms with Crippen LogP contribution in [0.4, 0.5) is 17.6 Å². The molecule has 0 atom stereocenters. The van der Waals surface area contributed by atoms with Crippen LogP contribution >= 0.6 is 0 Å². The van der Waals surface area contributed by atoms with Crippen molar-refractivity contribution in [3.05, 3.63) is 71.6 Å². The molecule has 5 heteroatoms. The number of halogens is 4.